The molecule has 0 saturated heterocycles. The minimum atomic E-state index is -0.300. The third-order valence-electron chi connectivity index (χ3n) is 3.34. The van der Waals surface area contributed by atoms with Crippen molar-refractivity contribution in [3.63, 3.8) is 0 Å². The van der Waals surface area contributed by atoms with Gasteiger partial charge in [-0.2, -0.15) is 0 Å². The fourth-order valence-electron chi connectivity index (χ4n) is 2.33. The van der Waals surface area contributed by atoms with Gasteiger partial charge in [0, 0.05) is 41.3 Å². The molecule has 1 amide bonds. The highest BCUT2D eigenvalue weighted by Crippen LogP contribution is 2.22. The second kappa shape index (κ2) is 6.32. The zero-order valence-corrected chi connectivity index (χ0v) is 13.2. The zero-order valence-electron chi connectivity index (χ0n) is 13.2. The number of rotatable bonds is 4. The zero-order chi connectivity index (χ0) is 16.3. The molecule has 0 fully saturated rings. The maximum Gasteiger partial charge on any atom is 0.252 e. The first-order valence-electron chi connectivity index (χ1n) is 7.24. The van der Waals surface area contributed by atoms with Crippen LogP contribution in [0.3, 0.4) is 0 Å². The molecule has 3 N–H and O–H groups in total. The Morgan fingerprint density at radius 2 is 2.09 bits per heavy atom. The number of hydrogen-bond acceptors (Lipinski definition) is 2. The van der Waals surface area contributed by atoms with Gasteiger partial charge in [0.25, 0.3) is 5.91 Å². The van der Waals surface area contributed by atoms with Crippen molar-refractivity contribution in [2.45, 2.75) is 32.9 Å². The van der Waals surface area contributed by atoms with E-state index in [2.05, 4.69) is 5.32 Å². The highest BCUT2D eigenvalue weighted by Gasteiger charge is 2.18. The molecule has 0 aliphatic rings. The van der Waals surface area contributed by atoms with E-state index in [1.54, 1.807) is 6.07 Å². The third-order valence-corrected chi connectivity index (χ3v) is 3.34. The highest BCUT2D eigenvalue weighted by molar-refractivity contribution is 6.06. The van der Waals surface area contributed by atoms with Crippen molar-refractivity contribution in [2.24, 2.45) is 5.73 Å². The molecule has 0 bridgehead atoms. The molecule has 0 aliphatic heterocycles. The molecule has 1 aromatic carbocycles. The average molecular weight is 303 g/mol. The summed E-state index contributed by atoms with van der Waals surface area (Å²) < 4.78 is 14.6. The van der Waals surface area contributed by atoms with Gasteiger partial charge in [-0.1, -0.05) is 6.07 Å². The number of carbonyl (C=O) groups is 1. The van der Waals surface area contributed by atoms with Gasteiger partial charge >= 0.3 is 0 Å². The van der Waals surface area contributed by atoms with Gasteiger partial charge in [0.2, 0.25) is 0 Å². The number of fused-ring (bicyclic) bond motifs is 1. The number of nitrogens with zero attached hydrogens (tertiary/aromatic N) is 1. The van der Waals surface area contributed by atoms with E-state index in [0.717, 1.165) is 10.9 Å². The van der Waals surface area contributed by atoms with E-state index in [4.69, 9.17) is 5.73 Å². The van der Waals surface area contributed by atoms with E-state index >= 15 is 0 Å². The van der Waals surface area contributed by atoms with Crippen molar-refractivity contribution in [3.8, 4) is 0 Å². The van der Waals surface area contributed by atoms with Crippen LogP contribution in [0.2, 0.25) is 0 Å². The van der Waals surface area contributed by atoms with Crippen LogP contribution in [0.1, 0.15) is 31.1 Å². The lowest BCUT2D eigenvalue weighted by molar-refractivity contribution is 0.0921. The van der Waals surface area contributed by atoms with Crippen LogP contribution >= 0.6 is 0 Å². The van der Waals surface area contributed by atoms with Crippen LogP contribution in [0.25, 0.3) is 10.9 Å². The lowest BCUT2D eigenvalue weighted by Gasteiger charge is -2.20. The fourth-order valence-corrected chi connectivity index (χ4v) is 2.33. The Hall–Kier alpha value is -2.14. The molecule has 2 rings (SSSR count). The summed E-state index contributed by atoms with van der Waals surface area (Å²) in [7, 11) is 0. The Morgan fingerprint density at radius 3 is 2.68 bits per heavy atom. The summed E-state index contributed by atoms with van der Waals surface area (Å²) in [6.07, 6.45) is 2.39. The maximum absolute atomic E-state index is 12.7. The van der Waals surface area contributed by atoms with Crippen molar-refractivity contribution >= 4 is 16.8 Å². The minimum absolute atomic E-state index is 0.115. The van der Waals surface area contributed by atoms with Gasteiger partial charge in [0.1, 0.15) is 0 Å². The standard InChI is InChI=1S/C17H22FN3O/c1-17(2,3)20-16(22)14-5-4-6-15-13(14)7-8-21(15)11-12(9-18)10-19/h4-9H,10-11,19H2,1-3H3,(H,20,22)/b12-9+. The van der Waals surface area contributed by atoms with Gasteiger partial charge in [-0.25, -0.2) is 4.39 Å². The predicted octanol–water partition coefficient (Wildman–Crippen LogP) is 2.98. The normalized spacial score (nSPS) is 12.7. The molecular weight excluding hydrogens is 281 g/mol. The second-order valence-electron chi connectivity index (χ2n) is 6.36. The highest BCUT2D eigenvalue weighted by atomic mass is 19.1. The molecule has 0 aliphatic carbocycles. The van der Waals surface area contributed by atoms with Gasteiger partial charge in [-0.05, 0) is 44.5 Å². The first kappa shape index (κ1) is 16.2. The van der Waals surface area contributed by atoms with Gasteiger partial charge < -0.3 is 15.6 Å². The van der Waals surface area contributed by atoms with Gasteiger partial charge in [0.05, 0.1) is 6.33 Å². The van der Waals surface area contributed by atoms with E-state index in [-0.39, 0.29) is 18.0 Å². The van der Waals surface area contributed by atoms with Gasteiger partial charge in [0.15, 0.2) is 0 Å². The number of nitrogens with one attached hydrogen (secondary N) is 1. The predicted molar refractivity (Wildman–Crippen MR) is 87.4 cm³/mol. The SMILES string of the molecule is CC(C)(C)NC(=O)c1cccc2c1ccn2C/C(=C/F)CN. The maximum atomic E-state index is 12.7. The summed E-state index contributed by atoms with van der Waals surface area (Å²) in [6, 6.07) is 7.41. The minimum Gasteiger partial charge on any atom is -0.347 e. The molecule has 22 heavy (non-hydrogen) atoms. The van der Waals surface area contributed by atoms with Gasteiger partial charge in [-0.15, -0.1) is 0 Å². The molecule has 1 heterocycles. The Morgan fingerprint density at radius 1 is 1.36 bits per heavy atom. The third kappa shape index (κ3) is 3.54. The summed E-state index contributed by atoms with van der Waals surface area (Å²) in [5.74, 6) is -0.115. The van der Waals surface area contributed by atoms with Crippen LogP contribution < -0.4 is 11.1 Å². The van der Waals surface area contributed by atoms with Crippen molar-refractivity contribution in [1.82, 2.24) is 9.88 Å². The monoisotopic (exact) mass is 303 g/mol. The van der Waals surface area contributed by atoms with Crippen molar-refractivity contribution in [3.05, 3.63) is 47.9 Å². The first-order valence-corrected chi connectivity index (χ1v) is 7.24. The molecular formula is C17H22FN3O. The summed E-state index contributed by atoms with van der Waals surface area (Å²) in [6.45, 7) is 6.36. The van der Waals surface area contributed by atoms with E-state index in [1.807, 2.05) is 49.7 Å². The van der Waals surface area contributed by atoms with Crippen molar-refractivity contribution < 1.29 is 9.18 Å². The van der Waals surface area contributed by atoms with Crippen LogP contribution in [0.15, 0.2) is 42.4 Å². The Labute approximate surface area is 129 Å². The van der Waals surface area contributed by atoms with Crippen molar-refractivity contribution in [1.29, 1.82) is 0 Å². The number of halogens is 1. The van der Waals surface area contributed by atoms with Crippen LogP contribution in [0.4, 0.5) is 4.39 Å². The Balaban J connectivity index is 2.39. The lowest BCUT2D eigenvalue weighted by Crippen LogP contribution is -2.40. The molecule has 0 radical (unpaired) electrons. The Kier molecular flexibility index (Phi) is 4.66. The molecule has 5 heteroatoms. The van der Waals surface area contributed by atoms with E-state index < -0.39 is 0 Å². The van der Waals surface area contributed by atoms with E-state index in [0.29, 0.717) is 24.0 Å². The molecule has 118 valence electrons. The number of nitrogens with two attached hydrogens (primary N) is 1. The largest absolute Gasteiger partial charge is 0.347 e. The van der Waals surface area contributed by atoms with E-state index in [9.17, 15) is 9.18 Å². The quantitative estimate of drug-likeness (QED) is 0.912. The van der Waals surface area contributed by atoms with Gasteiger partial charge in [-0.3, -0.25) is 4.79 Å². The topological polar surface area (TPSA) is 60.0 Å². The fraction of sp³-hybridized carbons (Fsp3) is 0.353. The van der Waals surface area contributed by atoms with E-state index in [1.165, 1.54) is 0 Å². The molecule has 2 aromatic rings. The van der Waals surface area contributed by atoms with Crippen LogP contribution in [-0.4, -0.2) is 22.6 Å². The molecule has 1 aromatic heterocycles. The summed E-state index contributed by atoms with van der Waals surface area (Å²) in [5, 5.41) is 3.81. The number of amides is 1. The molecule has 0 unspecified atom stereocenters. The number of hydrogen-bond donors (Lipinski definition) is 2. The number of aromatic nitrogens is 1. The summed E-state index contributed by atoms with van der Waals surface area (Å²) >= 11 is 0. The number of benzene rings is 1. The smallest absolute Gasteiger partial charge is 0.252 e. The summed E-state index contributed by atoms with van der Waals surface area (Å²) in [5.41, 5.74) is 7.21. The molecule has 0 spiro atoms. The number of carbonyl (C=O) groups excluding carboxylic acids is 1. The van der Waals surface area contributed by atoms with Crippen LogP contribution in [0, 0.1) is 0 Å². The van der Waals surface area contributed by atoms with Crippen molar-refractivity contribution in [2.75, 3.05) is 6.54 Å². The average Bonchev–Trinajstić information content (AvgIpc) is 2.85. The molecule has 0 atom stereocenters. The summed E-state index contributed by atoms with van der Waals surface area (Å²) in [4.78, 5) is 12.4. The van der Waals surface area contributed by atoms with Crippen LogP contribution in [0.5, 0.6) is 0 Å². The van der Waals surface area contributed by atoms with Crippen LogP contribution in [-0.2, 0) is 6.54 Å². The second-order valence-corrected chi connectivity index (χ2v) is 6.36. The molecule has 0 saturated carbocycles. The first-order chi connectivity index (χ1) is 10.4. The lowest BCUT2D eigenvalue weighted by atomic mass is 10.1. The molecule has 4 nitrogen and oxygen atoms in total. The Bertz CT molecular complexity index is 710.